The summed E-state index contributed by atoms with van der Waals surface area (Å²) in [5.41, 5.74) is 0. The zero-order valence-electron chi connectivity index (χ0n) is 11.3. The topological polar surface area (TPSA) is 15.3 Å². The second kappa shape index (κ2) is 9.17. The molecule has 0 aliphatic rings. The maximum absolute atomic E-state index is 3.47. The lowest BCUT2D eigenvalue weighted by molar-refractivity contribution is 0.220. The second-order valence-corrected chi connectivity index (χ2v) is 5.30. The summed E-state index contributed by atoms with van der Waals surface area (Å²) in [5, 5.41) is 3.47. The lowest BCUT2D eigenvalue weighted by Crippen LogP contribution is -2.37. The number of nitrogens with one attached hydrogen (secondary N) is 1. The Morgan fingerprint density at radius 1 is 0.933 bits per heavy atom. The lowest BCUT2D eigenvalue weighted by atomic mass is 10.1. The molecule has 2 heteroatoms. The Balaban J connectivity index is 3.69. The lowest BCUT2D eigenvalue weighted by Gasteiger charge is -2.26. The molecule has 0 saturated heterocycles. The average molecular weight is 214 g/mol. The van der Waals surface area contributed by atoms with E-state index in [1.54, 1.807) is 0 Å². The van der Waals surface area contributed by atoms with Crippen LogP contribution in [0.3, 0.4) is 0 Å². The number of rotatable bonds is 9. The van der Waals surface area contributed by atoms with Gasteiger partial charge >= 0.3 is 0 Å². The third-order valence-electron chi connectivity index (χ3n) is 2.28. The molecule has 0 radical (unpaired) electrons. The Hall–Kier alpha value is -0.0800. The van der Waals surface area contributed by atoms with Gasteiger partial charge in [0.25, 0.3) is 0 Å². The van der Waals surface area contributed by atoms with Gasteiger partial charge in [0.05, 0.1) is 0 Å². The van der Waals surface area contributed by atoms with E-state index in [9.17, 15) is 0 Å². The van der Waals surface area contributed by atoms with E-state index in [1.807, 2.05) is 0 Å². The van der Waals surface area contributed by atoms with E-state index >= 15 is 0 Å². The van der Waals surface area contributed by atoms with E-state index in [0.717, 1.165) is 24.9 Å². The number of nitrogens with zero attached hydrogens (tertiary/aromatic N) is 1. The molecule has 92 valence electrons. The summed E-state index contributed by atoms with van der Waals surface area (Å²) in [7, 11) is 0. The summed E-state index contributed by atoms with van der Waals surface area (Å²) >= 11 is 0. The largest absolute Gasteiger partial charge is 0.315 e. The van der Waals surface area contributed by atoms with Crippen molar-refractivity contribution in [2.75, 3.05) is 32.7 Å². The van der Waals surface area contributed by atoms with Crippen LogP contribution in [-0.2, 0) is 0 Å². The molecule has 15 heavy (non-hydrogen) atoms. The van der Waals surface area contributed by atoms with Crippen LogP contribution in [0, 0.1) is 11.8 Å². The van der Waals surface area contributed by atoms with Crippen molar-refractivity contribution in [2.24, 2.45) is 11.8 Å². The first-order chi connectivity index (χ1) is 7.06. The molecule has 0 aromatic heterocycles. The standard InChI is InChI=1S/C13H30N2/c1-6-7-14-8-9-15(10-12(2)3)11-13(4)5/h12-14H,6-11H2,1-5H3. The monoisotopic (exact) mass is 214 g/mol. The van der Waals surface area contributed by atoms with Crippen molar-refractivity contribution in [3.63, 3.8) is 0 Å². The minimum Gasteiger partial charge on any atom is -0.315 e. The highest BCUT2D eigenvalue weighted by atomic mass is 15.1. The van der Waals surface area contributed by atoms with E-state index in [4.69, 9.17) is 0 Å². The molecule has 0 amide bonds. The van der Waals surface area contributed by atoms with Gasteiger partial charge < -0.3 is 10.2 Å². The Morgan fingerprint density at radius 2 is 1.47 bits per heavy atom. The van der Waals surface area contributed by atoms with Crippen molar-refractivity contribution >= 4 is 0 Å². The molecule has 2 nitrogen and oxygen atoms in total. The summed E-state index contributed by atoms with van der Waals surface area (Å²) in [6, 6.07) is 0. The molecule has 0 spiro atoms. The van der Waals surface area contributed by atoms with Gasteiger partial charge in [0.1, 0.15) is 0 Å². The highest BCUT2D eigenvalue weighted by Crippen LogP contribution is 2.02. The Bertz CT molecular complexity index is 122. The third kappa shape index (κ3) is 10.2. The molecular weight excluding hydrogens is 184 g/mol. The Morgan fingerprint density at radius 3 is 1.87 bits per heavy atom. The molecule has 0 bridgehead atoms. The first-order valence-corrected chi connectivity index (χ1v) is 6.49. The van der Waals surface area contributed by atoms with Crippen molar-refractivity contribution in [1.82, 2.24) is 10.2 Å². The normalized spacial score (nSPS) is 12.0. The fourth-order valence-electron chi connectivity index (χ4n) is 1.83. The van der Waals surface area contributed by atoms with Crippen LogP contribution in [0.4, 0.5) is 0 Å². The predicted octanol–water partition coefficient (Wildman–Crippen LogP) is 2.60. The van der Waals surface area contributed by atoms with E-state index in [0.29, 0.717) is 0 Å². The second-order valence-electron chi connectivity index (χ2n) is 5.30. The number of hydrogen-bond donors (Lipinski definition) is 1. The molecule has 1 N–H and O–H groups in total. The maximum atomic E-state index is 3.47. The van der Waals surface area contributed by atoms with E-state index in [-0.39, 0.29) is 0 Å². The van der Waals surface area contributed by atoms with E-state index < -0.39 is 0 Å². The third-order valence-corrected chi connectivity index (χ3v) is 2.28. The molecule has 0 fully saturated rings. The van der Waals surface area contributed by atoms with Crippen LogP contribution in [-0.4, -0.2) is 37.6 Å². The van der Waals surface area contributed by atoms with Crippen molar-refractivity contribution in [3.8, 4) is 0 Å². The minimum atomic E-state index is 0.773. The number of hydrogen-bond acceptors (Lipinski definition) is 2. The Labute approximate surface area is 96.4 Å². The highest BCUT2D eigenvalue weighted by Gasteiger charge is 2.08. The highest BCUT2D eigenvalue weighted by molar-refractivity contribution is 4.63. The quantitative estimate of drug-likeness (QED) is 0.594. The van der Waals surface area contributed by atoms with Crippen LogP contribution in [0.5, 0.6) is 0 Å². The van der Waals surface area contributed by atoms with Gasteiger partial charge in [-0.05, 0) is 24.8 Å². The first-order valence-electron chi connectivity index (χ1n) is 6.49. The summed E-state index contributed by atoms with van der Waals surface area (Å²) < 4.78 is 0. The van der Waals surface area contributed by atoms with Crippen molar-refractivity contribution < 1.29 is 0 Å². The summed E-state index contributed by atoms with van der Waals surface area (Å²) in [5.74, 6) is 1.55. The molecule has 0 aliphatic heterocycles. The molecule has 0 rings (SSSR count). The fourth-order valence-corrected chi connectivity index (χ4v) is 1.83. The SMILES string of the molecule is CCCNCCN(CC(C)C)CC(C)C. The van der Waals surface area contributed by atoms with Crippen LogP contribution in [0.1, 0.15) is 41.0 Å². The van der Waals surface area contributed by atoms with Gasteiger partial charge in [-0.15, -0.1) is 0 Å². The van der Waals surface area contributed by atoms with Gasteiger partial charge in [0.2, 0.25) is 0 Å². The molecule has 0 unspecified atom stereocenters. The molecule has 0 aromatic rings. The molecular formula is C13H30N2. The van der Waals surface area contributed by atoms with E-state index in [2.05, 4.69) is 44.8 Å². The predicted molar refractivity (Wildman–Crippen MR) is 69.3 cm³/mol. The van der Waals surface area contributed by atoms with Gasteiger partial charge in [-0.25, -0.2) is 0 Å². The van der Waals surface area contributed by atoms with Crippen LogP contribution in [0.2, 0.25) is 0 Å². The fraction of sp³-hybridized carbons (Fsp3) is 1.00. The molecule has 0 heterocycles. The minimum absolute atomic E-state index is 0.773. The zero-order chi connectivity index (χ0) is 11.7. The van der Waals surface area contributed by atoms with Crippen molar-refractivity contribution in [2.45, 2.75) is 41.0 Å². The van der Waals surface area contributed by atoms with Gasteiger partial charge in [0.15, 0.2) is 0 Å². The molecule has 0 aliphatic carbocycles. The maximum Gasteiger partial charge on any atom is 0.0107 e. The van der Waals surface area contributed by atoms with Crippen LogP contribution >= 0.6 is 0 Å². The Kier molecular flexibility index (Phi) is 9.12. The summed E-state index contributed by atoms with van der Waals surface area (Å²) in [6.45, 7) is 17.3. The summed E-state index contributed by atoms with van der Waals surface area (Å²) in [4.78, 5) is 2.58. The van der Waals surface area contributed by atoms with E-state index in [1.165, 1.54) is 26.1 Å². The zero-order valence-corrected chi connectivity index (χ0v) is 11.3. The van der Waals surface area contributed by atoms with Crippen molar-refractivity contribution in [1.29, 1.82) is 0 Å². The molecule has 0 atom stereocenters. The van der Waals surface area contributed by atoms with Gasteiger partial charge in [0, 0.05) is 26.2 Å². The first kappa shape index (κ1) is 14.9. The molecule has 0 saturated carbocycles. The van der Waals surface area contributed by atoms with Gasteiger partial charge in [-0.2, -0.15) is 0 Å². The van der Waals surface area contributed by atoms with Crippen LogP contribution in [0.15, 0.2) is 0 Å². The van der Waals surface area contributed by atoms with Crippen LogP contribution in [0.25, 0.3) is 0 Å². The average Bonchev–Trinajstić information content (AvgIpc) is 2.10. The van der Waals surface area contributed by atoms with Gasteiger partial charge in [-0.3, -0.25) is 0 Å². The molecule has 0 aromatic carbocycles. The van der Waals surface area contributed by atoms with Crippen LogP contribution < -0.4 is 5.32 Å². The summed E-state index contributed by atoms with van der Waals surface area (Å²) in [6.07, 6.45) is 1.23. The smallest absolute Gasteiger partial charge is 0.0107 e. The van der Waals surface area contributed by atoms with Gasteiger partial charge in [-0.1, -0.05) is 34.6 Å². The van der Waals surface area contributed by atoms with Crippen molar-refractivity contribution in [3.05, 3.63) is 0 Å².